The van der Waals surface area contributed by atoms with Crippen LogP contribution in [0.5, 0.6) is 0 Å². The van der Waals surface area contributed by atoms with Crippen molar-refractivity contribution < 1.29 is 22.5 Å². The first kappa shape index (κ1) is 18.0. The van der Waals surface area contributed by atoms with Crippen LogP contribution in [0, 0.1) is 0 Å². The number of hydrogen-bond donors (Lipinski definition) is 1. The van der Waals surface area contributed by atoms with E-state index in [0.29, 0.717) is 18.4 Å². The first-order valence-electron chi connectivity index (χ1n) is 7.52. The van der Waals surface area contributed by atoms with Gasteiger partial charge in [-0.3, -0.25) is 4.79 Å². The van der Waals surface area contributed by atoms with Crippen LogP contribution in [-0.2, 0) is 16.5 Å². The third-order valence-corrected chi connectivity index (χ3v) is 3.89. The van der Waals surface area contributed by atoms with Crippen LogP contribution in [0.2, 0.25) is 0 Å². The van der Waals surface area contributed by atoms with Crippen LogP contribution in [0.15, 0.2) is 28.8 Å². The zero-order valence-corrected chi connectivity index (χ0v) is 13.6. The van der Waals surface area contributed by atoms with Gasteiger partial charge in [-0.05, 0) is 18.9 Å². The van der Waals surface area contributed by atoms with E-state index in [1.54, 1.807) is 31.2 Å². The summed E-state index contributed by atoms with van der Waals surface area (Å²) < 4.78 is 41.7. The van der Waals surface area contributed by atoms with Crippen molar-refractivity contribution >= 4 is 5.91 Å². The molecule has 1 unspecified atom stereocenters. The number of hydrogen-bond acceptors (Lipinski definition) is 4. The van der Waals surface area contributed by atoms with Crippen LogP contribution >= 0.6 is 0 Å². The normalized spacial score (nSPS) is 14.2. The molecule has 130 valence electrons. The molecule has 1 atom stereocenters. The molecule has 0 saturated heterocycles. The fourth-order valence-corrected chi connectivity index (χ4v) is 2.20. The number of halogens is 3. The predicted octanol–water partition coefficient (Wildman–Crippen LogP) is 3.91. The molecular formula is C16H18F3N3O2. The number of nitrogens with one attached hydrogen (secondary N) is 1. The van der Waals surface area contributed by atoms with Crippen molar-refractivity contribution in [3.63, 3.8) is 0 Å². The summed E-state index contributed by atoms with van der Waals surface area (Å²) in [5, 5.41) is 6.31. The average molecular weight is 341 g/mol. The van der Waals surface area contributed by atoms with Crippen LogP contribution in [0.1, 0.15) is 45.1 Å². The number of carbonyl (C=O) groups excluding carboxylic acids is 1. The smallest absolute Gasteiger partial charge is 0.347 e. The molecule has 0 saturated carbocycles. The van der Waals surface area contributed by atoms with Gasteiger partial charge in [0.1, 0.15) is 0 Å². The highest BCUT2D eigenvalue weighted by atomic mass is 19.4. The third-order valence-electron chi connectivity index (χ3n) is 3.89. The van der Waals surface area contributed by atoms with Crippen molar-refractivity contribution in [1.29, 1.82) is 0 Å². The zero-order valence-electron chi connectivity index (χ0n) is 13.6. The summed E-state index contributed by atoms with van der Waals surface area (Å²) in [7, 11) is 0. The van der Waals surface area contributed by atoms with Gasteiger partial charge in [-0.15, -0.1) is 0 Å². The van der Waals surface area contributed by atoms with E-state index in [1.165, 1.54) is 0 Å². The molecular weight excluding hydrogens is 323 g/mol. The topological polar surface area (TPSA) is 68.0 Å². The van der Waals surface area contributed by atoms with Gasteiger partial charge in [0, 0.05) is 12.0 Å². The molecule has 24 heavy (non-hydrogen) atoms. The van der Waals surface area contributed by atoms with Gasteiger partial charge in [-0.2, -0.15) is 18.2 Å². The fourth-order valence-electron chi connectivity index (χ4n) is 2.20. The van der Waals surface area contributed by atoms with E-state index in [9.17, 15) is 18.0 Å². The Kier molecular flexibility index (Phi) is 4.96. The van der Waals surface area contributed by atoms with E-state index < -0.39 is 17.6 Å². The molecule has 0 fully saturated rings. The van der Waals surface area contributed by atoms with Crippen LogP contribution in [-0.4, -0.2) is 16.0 Å². The number of alkyl halides is 3. The van der Waals surface area contributed by atoms with Crippen molar-refractivity contribution in [3.8, 4) is 11.4 Å². The first-order valence-corrected chi connectivity index (χ1v) is 7.52. The number of aromatic nitrogens is 2. The number of amides is 1. The molecule has 0 radical (unpaired) electrons. The largest absolute Gasteiger partial charge is 0.471 e. The van der Waals surface area contributed by atoms with Crippen LogP contribution in [0.4, 0.5) is 13.2 Å². The van der Waals surface area contributed by atoms with Crippen LogP contribution < -0.4 is 5.32 Å². The first-order chi connectivity index (χ1) is 11.2. The molecule has 1 aromatic heterocycles. The van der Waals surface area contributed by atoms with Crippen molar-refractivity contribution in [2.75, 3.05) is 0 Å². The Balaban J connectivity index is 2.26. The quantitative estimate of drug-likeness (QED) is 0.895. The van der Waals surface area contributed by atoms with E-state index in [4.69, 9.17) is 0 Å². The number of rotatable bonds is 5. The predicted molar refractivity (Wildman–Crippen MR) is 80.8 cm³/mol. The number of nitrogens with zero attached hydrogens (tertiary/aromatic N) is 2. The molecule has 8 heteroatoms. The van der Waals surface area contributed by atoms with Gasteiger partial charge in [0.15, 0.2) is 0 Å². The molecule has 1 amide bonds. The highest BCUT2D eigenvalue weighted by molar-refractivity contribution is 5.76. The zero-order chi connectivity index (χ0) is 18.0. The molecule has 0 aliphatic rings. The lowest BCUT2D eigenvalue weighted by Gasteiger charge is -2.30. The number of benzene rings is 1. The van der Waals surface area contributed by atoms with E-state index in [-0.39, 0.29) is 11.7 Å². The monoisotopic (exact) mass is 341 g/mol. The molecule has 0 bridgehead atoms. The molecule has 0 spiro atoms. The fraction of sp³-hybridized carbons (Fsp3) is 0.438. The molecule has 5 nitrogen and oxygen atoms in total. The van der Waals surface area contributed by atoms with Gasteiger partial charge < -0.3 is 9.84 Å². The van der Waals surface area contributed by atoms with Gasteiger partial charge in [0.25, 0.3) is 0 Å². The summed E-state index contributed by atoms with van der Waals surface area (Å²) in [6.07, 6.45) is -3.63. The van der Waals surface area contributed by atoms with Crippen LogP contribution in [0.25, 0.3) is 11.4 Å². The molecule has 1 aromatic carbocycles. The minimum atomic E-state index is -4.67. The van der Waals surface area contributed by atoms with E-state index >= 15 is 0 Å². The maximum absolute atomic E-state index is 12.5. The van der Waals surface area contributed by atoms with Gasteiger partial charge in [-0.25, -0.2) is 0 Å². The van der Waals surface area contributed by atoms with Gasteiger partial charge in [0.2, 0.25) is 11.7 Å². The van der Waals surface area contributed by atoms with E-state index in [0.717, 1.165) is 5.56 Å². The summed E-state index contributed by atoms with van der Waals surface area (Å²) in [5.74, 6) is -1.59. The summed E-state index contributed by atoms with van der Waals surface area (Å²) in [6, 6.07) is 6.68. The van der Waals surface area contributed by atoms with Crippen LogP contribution in [0.3, 0.4) is 0 Å². The molecule has 0 aliphatic heterocycles. The summed E-state index contributed by atoms with van der Waals surface area (Å²) >= 11 is 0. The highest BCUT2D eigenvalue weighted by Gasteiger charge is 2.38. The minimum absolute atomic E-state index is 0.0728. The summed E-state index contributed by atoms with van der Waals surface area (Å²) in [5.41, 5.74) is 0.688. The lowest BCUT2D eigenvalue weighted by Crippen LogP contribution is -2.42. The second-order valence-electron chi connectivity index (χ2n) is 5.59. The molecule has 1 heterocycles. The second kappa shape index (κ2) is 6.62. The Morgan fingerprint density at radius 1 is 1.21 bits per heavy atom. The lowest BCUT2D eigenvalue weighted by molar-refractivity contribution is -0.159. The standard InChI is InChI=1S/C16H18F3N3O2/c1-4-12(23)21-15(3,5-2)11-8-6-10(7-9-11)13-20-14(24-22-13)16(17,18)19/h6-9H,4-5H2,1-3H3,(H,21,23). The number of carbonyl (C=O) groups is 1. The van der Waals surface area contributed by atoms with Crippen molar-refractivity contribution in [1.82, 2.24) is 15.5 Å². The Morgan fingerprint density at radius 3 is 2.29 bits per heavy atom. The minimum Gasteiger partial charge on any atom is -0.347 e. The molecule has 2 rings (SSSR count). The van der Waals surface area contributed by atoms with Crippen molar-refractivity contribution in [2.24, 2.45) is 0 Å². The van der Waals surface area contributed by atoms with Crippen molar-refractivity contribution in [3.05, 3.63) is 35.7 Å². The van der Waals surface area contributed by atoms with Gasteiger partial charge >= 0.3 is 12.1 Å². The third kappa shape index (κ3) is 3.74. The Bertz CT molecular complexity index is 710. The summed E-state index contributed by atoms with van der Waals surface area (Å²) in [4.78, 5) is 15.0. The van der Waals surface area contributed by atoms with Gasteiger partial charge in [0.05, 0.1) is 5.54 Å². The molecule has 1 N–H and O–H groups in total. The lowest BCUT2D eigenvalue weighted by atomic mass is 9.88. The Labute approximate surface area is 137 Å². The second-order valence-corrected chi connectivity index (χ2v) is 5.59. The van der Waals surface area contributed by atoms with Crippen molar-refractivity contribution in [2.45, 2.75) is 45.3 Å². The van der Waals surface area contributed by atoms with E-state index in [1.807, 2.05) is 13.8 Å². The highest BCUT2D eigenvalue weighted by Crippen LogP contribution is 2.30. The Morgan fingerprint density at radius 2 is 1.83 bits per heavy atom. The average Bonchev–Trinajstić information content (AvgIpc) is 3.05. The molecule has 2 aromatic rings. The molecule has 0 aliphatic carbocycles. The van der Waals surface area contributed by atoms with E-state index in [2.05, 4.69) is 20.0 Å². The Hall–Kier alpha value is -2.38. The van der Waals surface area contributed by atoms with Gasteiger partial charge in [-0.1, -0.05) is 43.3 Å². The SMILES string of the molecule is CCC(=O)NC(C)(CC)c1ccc(-c2noc(C(F)(F)F)n2)cc1. The summed E-state index contributed by atoms with van der Waals surface area (Å²) in [6.45, 7) is 5.60. The maximum atomic E-state index is 12.5. The maximum Gasteiger partial charge on any atom is 0.471 e.